The highest BCUT2D eigenvalue weighted by atomic mass is 16.5. The van der Waals surface area contributed by atoms with E-state index in [0.29, 0.717) is 24.0 Å². The number of hydrogen-bond acceptors (Lipinski definition) is 6. The van der Waals surface area contributed by atoms with Crippen LogP contribution in [0.5, 0.6) is 0 Å². The summed E-state index contributed by atoms with van der Waals surface area (Å²) < 4.78 is 7.13. The van der Waals surface area contributed by atoms with Crippen molar-refractivity contribution in [2.24, 2.45) is 7.05 Å². The normalized spacial score (nSPS) is 17.9. The molecule has 0 bridgehead atoms. The van der Waals surface area contributed by atoms with E-state index in [0.717, 1.165) is 31.2 Å². The lowest BCUT2D eigenvalue weighted by Crippen LogP contribution is -2.36. The summed E-state index contributed by atoms with van der Waals surface area (Å²) >= 11 is 0. The molecule has 26 heavy (non-hydrogen) atoms. The summed E-state index contributed by atoms with van der Waals surface area (Å²) in [5.41, 5.74) is 1.35. The molecule has 134 valence electrons. The largest absolute Gasteiger partial charge is 0.337 e. The molecule has 1 aliphatic heterocycles. The van der Waals surface area contributed by atoms with Crippen LogP contribution in [0.15, 0.2) is 41.3 Å². The van der Waals surface area contributed by atoms with Crippen LogP contribution in [0.2, 0.25) is 0 Å². The first-order valence-corrected chi connectivity index (χ1v) is 8.77. The number of nitrogens with zero attached hydrogens (tertiary/aromatic N) is 6. The van der Waals surface area contributed by atoms with E-state index in [1.165, 1.54) is 0 Å². The molecule has 0 N–H and O–H groups in total. The maximum atomic E-state index is 13.1. The quantitative estimate of drug-likeness (QED) is 0.720. The van der Waals surface area contributed by atoms with Crippen LogP contribution in [-0.2, 0) is 7.05 Å². The number of hydrogen-bond donors (Lipinski definition) is 0. The Hall–Kier alpha value is -3.03. The van der Waals surface area contributed by atoms with Gasteiger partial charge in [0.15, 0.2) is 0 Å². The van der Waals surface area contributed by atoms with E-state index in [-0.39, 0.29) is 11.9 Å². The zero-order valence-corrected chi connectivity index (χ0v) is 14.6. The van der Waals surface area contributed by atoms with Crippen molar-refractivity contribution < 1.29 is 9.32 Å². The molecule has 1 aliphatic rings. The molecular weight excluding hydrogens is 332 g/mol. The minimum absolute atomic E-state index is 0.0574. The molecule has 3 aromatic heterocycles. The highest BCUT2D eigenvalue weighted by Gasteiger charge is 2.32. The van der Waals surface area contributed by atoms with Gasteiger partial charge < -0.3 is 9.42 Å². The predicted octanol–water partition coefficient (Wildman–Crippen LogP) is 2.62. The Kier molecular flexibility index (Phi) is 4.47. The highest BCUT2D eigenvalue weighted by Crippen LogP contribution is 2.31. The van der Waals surface area contributed by atoms with Crippen molar-refractivity contribution in [3.63, 3.8) is 0 Å². The van der Waals surface area contributed by atoms with Gasteiger partial charge in [-0.05, 0) is 31.0 Å². The maximum Gasteiger partial charge on any atom is 0.272 e. The Morgan fingerprint density at radius 3 is 2.92 bits per heavy atom. The van der Waals surface area contributed by atoms with Crippen molar-refractivity contribution in [1.82, 2.24) is 29.8 Å². The smallest absolute Gasteiger partial charge is 0.272 e. The molecule has 1 saturated heterocycles. The van der Waals surface area contributed by atoms with E-state index in [9.17, 15) is 4.79 Å². The molecular formula is C18H20N6O2. The molecule has 0 spiro atoms. The number of likely N-dealkylation sites (tertiary alicyclic amines) is 1. The number of aromatic nitrogens is 5. The summed E-state index contributed by atoms with van der Waals surface area (Å²) in [6, 6.07) is 5.22. The van der Waals surface area contributed by atoms with E-state index < -0.39 is 0 Å². The lowest BCUT2D eigenvalue weighted by Gasteiger charge is -2.27. The van der Waals surface area contributed by atoms with Gasteiger partial charge in [-0.15, -0.1) is 0 Å². The van der Waals surface area contributed by atoms with Crippen LogP contribution in [0.3, 0.4) is 0 Å². The van der Waals surface area contributed by atoms with Crippen molar-refractivity contribution >= 4 is 5.91 Å². The highest BCUT2D eigenvalue weighted by molar-refractivity contribution is 5.92. The fourth-order valence-electron chi connectivity index (χ4n) is 3.32. The summed E-state index contributed by atoms with van der Waals surface area (Å²) in [4.78, 5) is 23.5. The molecule has 8 heteroatoms. The fourth-order valence-corrected chi connectivity index (χ4v) is 3.32. The van der Waals surface area contributed by atoms with Crippen molar-refractivity contribution in [1.29, 1.82) is 0 Å². The molecule has 4 heterocycles. The topological polar surface area (TPSA) is 89.9 Å². The number of pyridine rings is 1. The summed E-state index contributed by atoms with van der Waals surface area (Å²) in [6.45, 7) is 0.666. The van der Waals surface area contributed by atoms with Gasteiger partial charge in [-0.1, -0.05) is 18.0 Å². The van der Waals surface area contributed by atoms with Crippen molar-refractivity contribution in [3.8, 4) is 11.4 Å². The Bertz CT molecular complexity index is 888. The Morgan fingerprint density at radius 2 is 2.15 bits per heavy atom. The van der Waals surface area contributed by atoms with Gasteiger partial charge in [0.05, 0.1) is 0 Å². The number of carbonyl (C=O) groups excluding carboxylic acids is 1. The zero-order valence-electron chi connectivity index (χ0n) is 14.6. The van der Waals surface area contributed by atoms with Crippen LogP contribution in [-0.4, -0.2) is 42.3 Å². The van der Waals surface area contributed by atoms with Crippen LogP contribution in [0.1, 0.15) is 48.1 Å². The van der Waals surface area contributed by atoms with Gasteiger partial charge in [-0.2, -0.15) is 10.1 Å². The molecule has 4 rings (SSSR count). The summed E-state index contributed by atoms with van der Waals surface area (Å²) in [5.74, 6) is 0.907. The fraction of sp³-hybridized carbons (Fsp3) is 0.389. The monoisotopic (exact) mass is 352 g/mol. The minimum atomic E-state index is -0.224. The molecule has 1 fully saturated rings. The van der Waals surface area contributed by atoms with Gasteiger partial charge in [-0.3, -0.25) is 14.5 Å². The van der Waals surface area contributed by atoms with Crippen LogP contribution in [0.4, 0.5) is 0 Å². The maximum absolute atomic E-state index is 13.1. The lowest BCUT2D eigenvalue weighted by molar-refractivity contribution is 0.0633. The average Bonchev–Trinajstić information content (AvgIpc) is 3.25. The van der Waals surface area contributed by atoms with Gasteiger partial charge in [0, 0.05) is 37.7 Å². The van der Waals surface area contributed by atoms with Crippen LogP contribution in [0, 0.1) is 0 Å². The first-order valence-electron chi connectivity index (χ1n) is 8.77. The predicted molar refractivity (Wildman–Crippen MR) is 93.0 cm³/mol. The van der Waals surface area contributed by atoms with Gasteiger partial charge in [-0.25, -0.2) is 0 Å². The number of rotatable bonds is 3. The Morgan fingerprint density at radius 1 is 1.23 bits per heavy atom. The lowest BCUT2D eigenvalue weighted by atomic mass is 10.1. The van der Waals surface area contributed by atoms with E-state index in [2.05, 4.69) is 20.2 Å². The van der Waals surface area contributed by atoms with Gasteiger partial charge >= 0.3 is 0 Å². The third-order valence-electron chi connectivity index (χ3n) is 4.70. The van der Waals surface area contributed by atoms with Gasteiger partial charge in [0.25, 0.3) is 5.91 Å². The van der Waals surface area contributed by atoms with Crippen molar-refractivity contribution in [2.75, 3.05) is 6.54 Å². The molecule has 3 aromatic rings. The molecule has 1 atom stereocenters. The standard InChI is InChI=1S/C18H20N6O2/c1-23-15(8-10-20-23)18(25)24-11-4-2-3-7-14(24)17-21-16(22-26-17)13-6-5-9-19-12-13/h5-6,8-10,12,14H,2-4,7,11H2,1H3. The van der Waals surface area contributed by atoms with Crippen LogP contribution in [0.25, 0.3) is 11.4 Å². The Balaban J connectivity index is 1.65. The molecule has 0 radical (unpaired) electrons. The van der Waals surface area contributed by atoms with Crippen molar-refractivity contribution in [3.05, 3.63) is 48.4 Å². The first kappa shape index (κ1) is 16.4. The van der Waals surface area contributed by atoms with Gasteiger partial charge in [0.2, 0.25) is 11.7 Å². The molecule has 0 saturated carbocycles. The number of aryl methyl sites for hydroxylation is 1. The second-order valence-corrected chi connectivity index (χ2v) is 6.40. The van der Waals surface area contributed by atoms with E-state index in [1.54, 1.807) is 36.4 Å². The number of amides is 1. The molecule has 1 amide bonds. The second-order valence-electron chi connectivity index (χ2n) is 6.40. The SMILES string of the molecule is Cn1nccc1C(=O)N1CCCCCC1c1nc(-c2cccnc2)no1. The van der Waals surface area contributed by atoms with E-state index >= 15 is 0 Å². The molecule has 0 aliphatic carbocycles. The van der Waals surface area contributed by atoms with Gasteiger partial charge in [0.1, 0.15) is 11.7 Å². The number of carbonyl (C=O) groups is 1. The third-order valence-corrected chi connectivity index (χ3v) is 4.70. The van der Waals surface area contributed by atoms with E-state index in [4.69, 9.17) is 4.52 Å². The van der Waals surface area contributed by atoms with Crippen LogP contribution < -0.4 is 0 Å². The Labute approximate surface area is 150 Å². The summed E-state index contributed by atoms with van der Waals surface area (Å²) in [6.07, 6.45) is 8.89. The third kappa shape index (κ3) is 3.10. The van der Waals surface area contributed by atoms with Crippen molar-refractivity contribution in [2.45, 2.75) is 31.7 Å². The van der Waals surface area contributed by atoms with Crippen LogP contribution >= 0.6 is 0 Å². The minimum Gasteiger partial charge on any atom is -0.337 e. The first-order chi connectivity index (χ1) is 12.7. The molecule has 1 unspecified atom stereocenters. The summed E-state index contributed by atoms with van der Waals surface area (Å²) in [5, 5.41) is 8.19. The summed E-state index contributed by atoms with van der Waals surface area (Å²) in [7, 11) is 1.77. The molecule has 0 aromatic carbocycles. The average molecular weight is 352 g/mol. The molecule has 8 nitrogen and oxygen atoms in total. The zero-order chi connectivity index (χ0) is 17.9. The van der Waals surface area contributed by atoms with E-state index in [1.807, 2.05) is 17.0 Å². The second kappa shape index (κ2) is 7.07.